The fourth-order valence-corrected chi connectivity index (χ4v) is 3.74. The van der Waals surface area contributed by atoms with Gasteiger partial charge in [-0.2, -0.15) is 5.26 Å². The first-order chi connectivity index (χ1) is 14.2. The molecule has 1 amide bonds. The second kappa shape index (κ2) is 8.62. The van der Waals surface area contributed by atoms with Gasteiger partial charge in [-0.15, -0.1) is 0 Å². The minimum Gasteiger partial charge on any atom is -0.371 e. The van der Waals surface area contributed by atoms with Gasteiger partial charge < -0.3 is 10.2 Å². The lowest BCUT2D eigenvalue weighted by Crippen LogP contribution is -2.44. The van der Waals surface area contributed by atoms with Crippen molar-refractivity contribution in [2.24, 2.45) is 0 Å². The summed E-state index contributed by atoms with van der Waals surface area (Å²) in [6, 6.07) is 28.0. The van der Waals surface area contributed by atoms with E-state index in [2.05, 4.69) is 28.4 Å². The van der Waals surface area contributed by atoms with Crippen LogP contribution in [0.25, 0.3) is 11.1 Å². The molecule has 0 radical (unpaired) electrons. The zero-order valence-electron chi connectivity index (χ0n) is 16.2. The predicted octanol–water partition coefficient (Wildman–Crippen LogP) is 4.62. The van der Waals surface area contributed by atoms with Crippen LogP contribution in [0.2, 0.25) is 0 Å². The molecule has 0 spiro atoms. The van der Waals surface area contributed by atoms with Crippen molar-refractivity contribution in [1.29, 1.82) is 5.26 Å². The molecule has 1 heterocycles. The highest BCUT2D eigenvalue weighted by atomic mass is 16.1. The molecule has 0 bridgehead atoms. The quantitative estimate of drug-likeness (QED) is 0.717. The van der Waals surface area contributed by atoms with E-state index in [1.54, 1.807) is 0 Å². The van der Waals surface area contributed by atoms with E-state index in [9.17, 15) is 4.79 Å². The summed E-state index contributed by atoms with van der Waals surface area (Å²) in [5.41, 5.74) is 4.76. The number of nitriles is 1. The Kier molecular flexibility index (Phi) is 5.58. The molecule has 1 N–H and O–H groups in total. The molecular weight excluding hydrogens is 358 g/mol. The normalized spacial score (nSPS) is 14.2. The number of carbonyl (C=O) groups excluding carboxylic acids is 1. The number of nitrogens with one attached hydrogen (secondary N) is 1. The van der Waals surface area contributed by atoms with Gasteiger partial charge in [0.05, 0.1) is 11.6 Å². The van der Waals surface area contributed by atoms with E-state index in [4.69, 9.17) is 5.26 Å². The summed E-state index contributed by atoms with van der Waals surface area (Å²) < 4.78 is 0. The van der Waals surface area contributed by atoms with Crippen molar-refractivity contribution in [3.8, 4) is 17.2 Å². The molecule has 4 heteroatoms. The molecule has 29 heavy (non-hydrogen) atoms. The van der Waals surface area contributed by atoms with Gasteiger partial charge in [0.25, 0.3) is 5.91 Å². The molecular formula is C25H23N3O. The van der Waals surface area contributed by atoms with Crippen molar-refractivity contribution in [1.82, 2.24) is 5.32 Å². The lowest BCUT2D eigenvalue weighted by molar-refractivity contribution is 0.0931. The molecule has 144 valence electrons. The van der Waals surface area contributed by atoms with Crippen molar-refractivity contribution in [3.63, 3.8) is 0 Å². The van der Waals surface area contributed by atoms with Crippen LogP contribution in [0.3, 0.4) is 0 Å². The molecule has 0 aliphatic carbocycles. The summed E-state index contributed by atoms with van der Waals surface area (Å²) in [6.07, 6.45) is 1.82. The number of piperidine rings is 1. The summed E-state index contributed by atoms with van der Waals surface area (Å²) in [4.78, 5) is 14.9. The monoisotopic (exact) mass is 381 g/mol. The van der Waals surface area contributed by atoms with E-state index < -0.39 is 0 Å². The van der Waals surface area contributed by atoms with Crippen molar-refractivity contribution in [2.75, 3.05) is 18.0 Å². The fraction of sp³-hybridized carbons (Fsp3) is 0.200. The first-order valence-electron chi connectivity index (χ1n) is 9.94. The van der Waals surface area contributed by atoms with E-state index in [1.165, 1.54) is 0 Å². The van der Waals surface area contributed by atoms with Gasteiger partial charge in [0, 0.05) is 30.4 Å². The summed E-state index contributed by atoms with van der Waals surface area (Å²) in [7, 11) is 0. The third-order valence-electron chi connectivity index (χ3n) is 5.45. The summed E-state index contributed by atoms with van der Waals surface area (Å²) in [5, 5.41) is 12.1. The number of carbonyl (C=O) groups is 1. The highest BCUT2D eigenvalue weighted by Gasteiger charge is 2.21. The van der Waals surface area contributed by atoms with Gasteiger partial charge in [0.1, 0.15) is 0 Å². The van der Waals surface area contributed by atoms with E-state index >= 15 is 0 Å². The number of rotatable bonds is 4. The Balaban J connectivity index is 1.32. The molecule has 1 aliphatic heterocycles. The topological polar surface area (TPSA) is 56.1 Å². The van der Waals surface area contributed by atoms with Crippen LogP contribution in [0.1, 0.15) is 28.8 Å². The summed E-state index contributed by atoms with van der Waals surface area (Å²) >= 11 is 0. The van der Waals surface area contributed by atoms with Crippen LogP contribution < -0.4 is 10.2 Å². The summed E-state index contributed by atoms with van der Waals surface area (Å²) in [6.45, 7) is 1.79. The maximum atomic E-state index is 12.6. The van der Waals surface area contributed by atoms with Gasteiger partial charge in [-0.25, -0.2) is 0 Å². The van der Waals surface area contributed by atoms with Crippen molar-refractivity contribution in [3.05, 3.63) is 90.0 Å². The maximum absolute atomic E-state index is 12.6. The highest BCUT2D eigenvalue weighted by molar-refractivity contribution is 5.94. The van der Waals surface area contributed by atoms with Crippen molar-refractivity contribution >= 4 is 11.6 Å². The van der Waals surface area contributed by atoms with Crippen LogP contribution in [0.4, 0.5) is 5.69 Å². The Morgan fingerprint density at radius 1 is 0.862 bits per heavy atom. The standard InChI is InChI=1S/C25H23N3O/c26-18-19-6-12-24(13-7-19)28-16-14-23(15-17-28)27-25(29)22-10-8-21(9-11-22)20-4-2-1-3-5-20/h1-13,23H,14-17H2,(H,27,29). The van der Waals surface area contributed by atoms with Gasteiger partial charge in [0.2, 0.25) is 0 Å². The van der Waals surface area contributed by atoms with E-state index in [1.807, 2.05) is 66.7 Å². The number of anilines is 1. The van der Waals surface area contributed by atoms with Crippen LogP contribution >= 0.6 is 0 Å². The Labute approximate surface area is 171 Å². The molecule has 4 nitrogen and oxygen atoms in total. The third kappa shape index (κ3) is 4.47. The Morgan fingerprint density at radius 3 is 2.10 bits per heavy atom. The van der Waals surface area contributed by atoms with Gasteiger partial charge in [-0.1, -0.05) is 42.5 Å². The molecule has 1 saturated heterocycles. The van der Waals surface area contributed by atoms with Crippen LogP contribution in [0.15, 0.2) is 78.9 Å². The molecule has 0 aromatic heterocycles. The van der Waals surface area contributed by atoms with Gasteiger partial charge >= 0.3 is 0 Å². The number of nitrogens with zero attached hydrogens (tertiary/aromatic N) is 2. The van der Waals surface area contributed by atoms with E-state index in [0.29, 0.717) is 11.1 Å². The third-order valence-corrected chi connectivity index (χ3v) is 5.45. The van der Waals surface area contributed by atoms with E-state index in [-0.39, 0.29) is 11.9 Å². The minimum atomic E-state index is -0.0126. The zero-order chi connectivity index (χ0) is 20.1. The molecule has 1 fully saturated rings. The second-order valence-electron chi connectivity index (χ2n) is 7.34. The first-order valence-corrected chi connectivity index (χ1v) is 9.94. The summed E-state index contributed by atoms with van der Waals surface area (Å²) in [5.74, 6) is -0.0126. The molecule has 3 aromatic carbocycles. The molecule has 3 aromatic rings. The average Bonchev–Trinajstić information content (AvgIpc) is 2.80. The first kappa shape index (κ1) is 18.8. The van der Waals surface area contributed by atoms with Crippen molar-refractivity contribution in [2.45, 2.75) is 18.9 Å². The largest absolute Gasteiger partial charge is 0.371 e. The fourth-order valence-electron chi connectivity index (χ4n) is 3.74. The lowest BCUT2D eigenvalue weighted by atomic mass is 10.0. The predicted molar refractivity (Wildman–Crippen MR) is 116 cm³/mol. The SMILES string of the molecule is N#Cc1ccc(N2CCC(NC(=O)c3ccc(-c4ccccc4)cc3)CC2)cc1. The Hall–Kier alpha value is -3.58. The molecule has 0 atom stereocenters. The highest BCUT2D eigenvalue weighted by Crippen LogP contribution is 2.22. The maximum Gasteiger partial charge on any atom is 0.251 e. The van der Waals surface area contributed by atoms with E-state index in [0.717, 1.165) is 42.7 Å². The Bertz CT molecular complexity index is 997. The lowest BCUT2D eigenvalue weighted by Gasteiger charge is -2.34. The molecule has 0 saturated carbocycles. The van der Waals surface area contributed by atoms with Crippen LogP contribution in [0, 0.1) is 11.3 Å². The van der Waals surface area contributed by atoms with Gasteiger partial charge in [0.15, 0.2) is 0 Å². The molecule has 0 unspecified atom stereocenters. The molecule has 4 rings (SSSR count). The number of amides is 1. The van der Waals surface area contributed by atoms with Crippen LogP contribution in [0.5, 0.6) is 0 Å². The smallest absolute Gasteiger partial charge is 0.251 e. The van der Waals surface area contributed by atoms with Gasteiger partial charge in [-0.3, -0.25) is 4.79 Å². The number of hydrogen-bond donors (Lipinski definition) is 1. The second-order valence-corrected chi connectivity index (χ2v) is 7.34. The molecule has 1 aliphatic rings. The van der Waals surface area contributed by atoms with Gasteiger partial charge in [-0.05, 0) is 60.4 Å². The average molecular weight is 381 g/mol. The van der Waals surface area contributed by atoms with Crippen LogP contribution in [-0.4, -0.2) is 25.0 Å². The van der Waals surface area contributed by atoms with Crippen molar-refractivity contribution < 1.29 is 4.79 Å². The Morgan fingerprint density at radius 2 is 1.48 bits per heavy atom. The number of hydrogen-bond acceptors (Lipinski definition) is 3. The minimum absolute atomic E-state index is 0.0126. The zero-order valence-corrected chi connectivity index (χ0v) is 16.2. The van der Waals surface area contributed by atoms with Crippen LogP contribution in [-0.2, 0) is 0 Å². The number of benzene rings is 3.